The molecule has 0 aromatic heterocycles. The first kappa shape index (κ1) is 10.8. The standard InChI is InChI=1S/C13H17N3/c1-15(2)13-9-12(6-5-11(13)10-14)16-7-3-4-8-16/h5-6,9H,3-4,7-8H2,1-2H3. The minimum Gasteiger partial charge on any atom is -0.377 e. The normalized spacial score (nSPS) is 14.9. The lowest BCUT2D eigenvalue weighted by Crippen LogP contribution is -2.18. The van der Waals surface area contributed by atoms with Crippen LogP contribution in [0.3, 0.4) is 0 Å². The van der Waals surface area contributed by atoms with Crippen LogP contribution in [0.4, 0.5) is 11.4 Å². The second-order valence-electron chi connectivity index (χ2n) is 4.40. The lowest BCUT2D eigenvalue weighted by atomic mass is 10.1. The van der Waals surface area contributed by atoms with Gasteiger partial charge in [0, 0.05) is 32.9 Å². The van der Waals surface area contributed by atoms with Gasteiger partial charge in [0.2, 0.25) is 0 Å². The van der Waals surface area contributed by atoms with Crippen molar-refractivity contribution in [3.8, 4) is 6.07 Å². The average molecular weight is 215 g/mol. The Morgan fingerprint density at radius 1 is 1.25 bits per heavy atom. The SMILES string of the molecule is CN(C)c1cc(N2CCCC2)ccc1C#N. The summed E-state index contributed by atoms with van der Waals surface area (Å²) in [6.07, 6.45) is 2.55. The van der Waals surface area contributed by atoms with E-state index in [4.69, 9.17) is 5.26 Å². The van der Waals surface area contributed by atoms with Gasteiger partial charge in [0.25, 0.3) is 0 Å². The number of hydrogen-bond acceptors (Lipinski definition) is 3. The molecule has 1 fully saturated rings. The maximum Gasteiger partial charge on any atom is 0.101 e. The molecule has 0 N–H and O–H groups in total. The highest BCUT2D eigenvalue weighted by molar-refractivity contribution is 5.66. The minimum absolute atomic E-state index is 0.743. The zero-order chi connectivity index (χ0) is 11.5. The summed E-state index contributed by atoms with van der Waals surface area (Å²) in [4.78, 5) is 4.38. The van der Waals surface area contributed by atoms with Gasteiger partial charge in [0.1, 0.15) is 6.07 Å². The zero-order valence-electron chi connectivity index (χ0n) is 9.90. The Labute approximate surface area is 96.9 Å². The third-order valence-corrected chi connectivity index (χ3v) is 3.05. The summed E-state index contributed by atoms with van der Waals surface area (Å²) in [5, 5.41) is 9.03. The van der Waals surface area contributed by atoms with Gasteiger partial charge < -0.3 is 9.80 Å². The number of nitriles is 1. The molecule has 84 valence electrons. The van der Waals surface area contributed by atoms with Crippen LogP contribution in [-0.4, -0.2) is 27.2 Å². The van der Waals surface area contributed by atoms with Crippen molar-refractivity contribution in [2.45, 2.75) is 12.8 Å². The van der Waals surface area contributed by atoms with Gasteiger partial charge in [0.05, 0.1) is 11.3 Å². The van der Waals surface area contributed by atoms with Gasteiger partial charge >= 0.3 is 0 Å². The fourth-order valence-corrected chi connectivity index (χ4v) is 2.16. The molecular weight excluding hydrogens is 198 g/mol. The summed E-state index contributed by atoms with van der Waals surface area (Å²) in [7, 11) is 3.95. The lowest BCUT2D eigenvalue weighted by molar-refractivity contribution is 0.949. The fraction of sp³-hybridized carbons (Fsp3) is 0.462. The maximum atomic E-state index is 9.03. The van der Waals surface area contributed by atoms with Crippen LogP contribution in [0.15, 0.2) is 18.2 Å². The smallest absolute Gasteiger partial charge is 0.101 e. The van der Waals surface area contributed by atoms with Gasteiger partial charge in [-0.1, -0.05) is 0 Å². The highest BCUT2D eigenvalue weighted by Gasteiger charge is 2.14. The molecule has 16 heavy (non-hydrogen) atoms. The third kappa shape index (κ3) is 1.96. The van der Waals surface area contributed by atoms with Crippen LogP contribution in [0.2, 0.25) is 0 Å². The number of rotatable bonds is 2. The molecule has 0 bridgehead atoms. The molecule has 3 heteroatoms. The summed E-state index contributed by atoms with van der Waals surface area (Å²) >= 11 is 0. The minimum atomic E-state index is 0.743. The molecule has 0 amide bonds. The maximum absolute atomic E-state index is 9.03. The molecule has 1 heterocycles. The van der Waals surface area contributed by atoms with Crippen molar-refractivity contribution in [2.24, 2.45) is 0 Å². The van der Waals surface area contributed by atoms with Crippen molar-refractivity contribution >= 4 is 11.4 Å². The van der Waals surface area contributed by atoms with Crippen molar-refractivity contribution in [1.82, 2.24) is 0 Å². The van der Waals surface area contributed by atoms with E-state index in [1.807, 2.05) is 25.1 Å². The second kappa shape index (κ2) is 4.44. The van der Waals surface area contributed by atoms with E-state index in [1.54, 1.807) is 0 Å². The second-order valence-corrected chi connectivity index (χ2v) is 4.40. The van der Waals surface area contributed by atoms with Crippen LogP contribution >= 0.6 is 0 Å². The highest BCUT2D eigenvalue weighted by Crippen LogP contribution is 2.27. The molecule has 0 unspecified atom stereocenters. The summed E-state index contributed by atoms with van der Waals surface area (Å²) < 4.78 is 0. The van der Waals surface area contributed by atoms with E-state index in [0.29, 0.717) is 0 Å². The van der Waals surface area contributed by atoms with Gasteiger partial charge in [-0.15, -0.1) is 0 Å². The predicted molar refractivity (Wildman–Crippen MR) is 66.9 cm³/mol. The topological polar surface area (TPSA) is 30.3 Å². The Bertz CT molecular complexity index is 412. The largest absolute Gasteiger partial charge is 0.377 e. The first-order valence-electron chi connectivity index (χ1n) is 5.69. The van der Waals surface area contributed by atoms with Crippen LogP contribution in [0, 0.1) is 11.3 Å². The first-order valence-corrected chi connectivity index (χ1v) is 5.69. The van der Waals surface area contributed by atoms with E-state index in [0.717, 1.165) is 24.3 Å². The summed E-state index contributed by atoms with van der Waals surface area (Å²) in [5.74, 6) is 0. The number of anilines is 2. The van der Waals surface area contributed by atoms with Crippen molar-refractivity contribution in [3.05, 3.63) is 23.8 Å². The predicted octanol–water partition coefficient (Wildman–Crippen LogP) is 2.22. The van der Waals surface area contributed by atoms with E-state index >= 15 is 0 Å². The molecule has 1 aliphatic heterocycles. The van der Waals surface area contributed by atoms with Crippen LogP contribution in [0.25, 0.3) is 0 Å². The molecular formula is C13H17N3. The highest BCUT2D eigenvalue weighted by atomic mass is 15.1. The van der Waals surface area contributed by atoms with Crippen molar-refractivity contribution < 1.29 is 0 Å². The molecule has 3 nitrogen and oxygen atoms in total. The van der Waals surface area contributed by atoms with Gasteiger partial charge in [-0.25, -0.2) is 0 Å². The first-order chi connectivity index (χ1) is 7.72. The van der Waals surface area contributed by atoms with Gasteiger partial charge in [-0.3, -0.25) is 0 Å². The van der Waals surface area contributed by atoms with Gasteiger partial charge in [-0.05, 0) is 31.0 Å². The molecule has 1 aromatic carbocycles. The van der Waals surface area contributed by atoms with Crippen LogP contribution in [0.1, 0.15) is 18.4 Å². The van der Waals surface area contributed by atoms with E-state index in [1.165, 1.54) is 18.5 Å². The van der Waals surface area contributed by atoms with Gasteiger partial charge in [-0.2, -0.15) is 5.26 Å². The molecule has 1 aliphatic rings. The zero-order valence-corrected chi connectivity index (χ0v) is 9.90. The number of benzene rings is 1. The van der Waals surface area contributed by atoms with Crippen LogP contribution < -0.4 is 9.80 Å². The van der Waals surface area contributed by atoms with Gasteiger partial charge in [0.15, 0.2) is 0 Å². The number of nitrogens with zero attached hydrogens (tertiary/aromatic N) is 3. The molecule has 0 atom stereocenters. The summed E-state index contributed by atoms with van der Waals surface area (Å²) in [6.45, 7) is 2.28. The Kier molecular flexibility index (Phi) is 3.00. The van der Waals surface area contributed by atoms with E-state index in [9.17, 15) is 0 Å². The Morgan fingerprint density at radius 3 is 2.50 bits per heavy atom. The summed E-state index contributed by atoms with van der Waals surface area (Å²) in [6, 6.07) is 8.32. The Hall–Kier alpha value is -1.69. The Morgan fingerprint density at radius 2 is 1.94 bits per heavy atom. The Balaban J connectivity index is 2.35. The van der Waals surface area contributed by atoms with E-state index in [2.05, 4.69) is 23.1 Å². The van der Waals surface area contributed by atoms with E-state index in [-0.39, 0.29) is 0 Å². The molecule has 0 radical (unpaired) electrons. The molecule has 0 saturated carbocycles. The quantitative estimate of drug-likeness (QED) is 0.757. The number of hydrogen-bond donors (Lipinski definition) is 0. The van der Waals surface area contributed by atoms with Crippen LogP contribution in [-0.2, 0) is 0 Å². The lowest BCUT2D eigenvalue weighted by Gasteiger charge is -2.21. The van der Waals surface area contributed by atoms with E-state index < -0.39 is 0 Å². The van der Waals surface area contributed by atoms with Crippen LogP contribution in [0.5, 0.6) is 0 Å². The monoisotopic (exact) mass is 215 g/mol. The average Bonchev–Trinajstić information content (AvgIpc) is 2.81. The molecule has 0 aliphatic carbocycles. The van der Waals surface area contributed by atoms with Crippen molar-refractivity contribution in [1.29, 1.82) is 5.26 Å². The molecule has 2 rings (SSSR count). The molecule has 0 spiro atoms. The third-order valence-electron chi connectivity index (χ3n) is 3.05. The summed E-state index contributed by atoms with van der Waals surface area (Å²) in [5.41, 5.74) is 2.99. The molecule has 1 saturated heterocycles. The van der Waals surface area contributed by atoms with Crippen molar-refractivity contribution in [3.63, 3.8) is 0 Å². The fourth-order valence-electron chi connectivity index (χ4n) is 2.16. The van der Waals surface area contributed by atoms with Crippen molar-refractivity contribution in [2.75, 3.05) is 37.0 Å². The molecule has 1 aromatic rings.